The molecule has 0 spiro atoms. The second kappa shape index (κ2) is 11.2. The molecule has 1 amide bonds. The van der Waals surface area contributed by atoms with Gasteiger partial charge in [0.15, 0.2) is 0 Å². The van der Waals surface area contributed by atoms with Gasteiger partial charge in [0.2, 0.25) is 5.91 Å². The molecule has 1 aromatic heterocycles. The number of nitrogens with zero attached hydrogens (tertiary/aromatic N) is 3. The van der Waals surface area contributed by atoms with E-state index in [4.69, 9.17) is 16.3 Å². The van der Waals surface area contributed by atoms with Crippen LogP contribution in [0.1, 0.15) is 11.1 Å². The van der Waals surface area contributed by atoms with Crippen molar-refractivity contribution in [2.75, 3.05) is 38.1 Å². The second-order valence-corrected chi connectivity index (χ2v) is 8.62. The van der Waals surface area contributed by atoms with Crippen LogP contribution in [0.5, 0.6) is 0 Å². The molecule has 1 fully saturated rings. The molecule has 2 aromatic carbocycles. The molecule has 0 radical (unpaired) electrons. The van der Waals surface area contributed by atoms with Gasteiger partial charge in [0, 0.05) is 43.6 Å². The molecule has 3 aromatic rings. The van der Waals surface area contributed by atoms with E-state index in [1.165, 1.54) is 6.07 Å². The minimum absolute atomic E-state index is 0.00449. The SMILES string of the molecule is O=C(COCc1cccc(-c2cnn(CN3CCNCC3)c2)c1)Nc1ccc(Cl)c(C(F)(F)F)c1. The zero-order chi connectivity index (χ0) is 24.8. The summed E-state index contributed by atoms with van der Waals surface area (Å²) < 4.78 is 46.4. The summed E-state index contributed by atoms with van der Waals surface area (Å²) in [7, 11) is 0. The number of hydrogen-bond donors (Lipinski definition) is 2. The van der Waals surface area contributed by atoms with Crippen LogP contribution in [0.2, 0.25) is 5.02 Å². The number of alkyl halides is 3. The number of anilines is 1. The third-order valence-corrected chi connectivity index (χ3v) is 5.84. The van der Waals surface area contributed by atoms with Crippen molar-refractivity contribution in [1.29, 1.82) is 0 Å². The van der Waals surface area contributed by atoms with Gasteiger partial charge in [0.05, 0.1) is 30.1 Å². The largest absolute Gasteiger partial charge is 0.417 e. The van der Waals surface area contributed by atoms with Gasteiger partial charge in [-0.1, -0.05) is 29.8 Å². The van der Waals surface area contributed by atoms with E-state index in [1.807, 2.05) is 41.3 Å². The lowest BCUT2D eigenvalue weighted by atomic mass is 10.1. The van der Waals surface area contributed by atoms with Crippen molar-refractivity contribution in [2.24, 2.45) is 0 Å². The molecule has 7 nitrogen and oxygen atoms in total. The number of rotatable bonds is 8. The smallest absolute Gasteiger partial charge is 0.367 e. The van der Waals surface area contributed by atoms with Gasteiger partial charge in [-0.15, -0.1) is 0 Å². The minimum Gasteiger partial charge on any atom is -0.367 e. The summed E-state index contributed by atoms with van der Waals surface area (Å²) in [5, 5.41) is 9.76. The number of benzene rings is 2. The lowest BCUT2D eigenvalue weighted by Crippen LogP contribution is -2.44. The third-order valence-electron chi connectivity index (χ3n) is 5.51. The number of aromatic nitrogens is 2. The van der Waals surface area contributed by atoms with Gasteiger partial charge in [-0.05, 0) is 35.4 Å². The maximum Gasteiger partial charge on any atom is 0.417 e. The number of carbonyl (C=O) groups is 1. The number of ether oxygens (including phenoxy) is 1. The third kappa shape index (κ3) is 7.04. The average Bonchev–Trinajstić information content (AvgIpc) is 3.29. The van der Waals surface area contributed by atoms with E-state index in [-0.39, 0.29) is 18.9 Å². The molecule has 1 saturated heterocycles. The molecule has 0 bridgehead atoms. The molecular formula is C24H25ClF3N5O2. The first kappa shape index (κ1) is 25.2. The van der Waals surface area contributed by atoms with Crippen LogP contribution >= 0.6 is 11.6 Å². The Balaban J connectivity index is 1.29. The summed E-state index contributed by atoms with van der Waals surface area (Å²) in [5.74, 6) is -0.564. The molecule has 11 heteroatoms. The van der Waals surface area contributed by atoms with Crippen LogP contribution in [0.25, 0.3) is 11.1 Å². The predicted octanol–water partition coefficient (Wildman–Crippen LogP) is 4.24. The van der Waals surface area contributed by atoms with Crippen LogP contribution in [-0.4, -0.2) is 53.4 Å². The fraction of sp³-hybridized carbons (Fsp3) is 0.333. The Hall–Kier alpha value is -2.92. The highest BCUT2D eigenvalue weighted by molar-refractivity contribution is 6.31. The molecule has 2 N–H and O–H groups in total. The summed E-state index contributed by atoms with van der Waals surface area (Å²) >= 11 is 5.60. The van der Waals surface area contributed by atoms with Gasteiger partial charge in [-0.3, -0.25) is 14.4 Å². The van der Waals surface area contributed by atoms with Crippen molar-refractivity contribution in [3.05, 3.63) is 71.0 Å². The van der Waals surface area contributed by atoms with Gasteiger partial charge in [0.25, 0.3) is 0 Å². The van der Waals surface area contributed by atoms with Crippen LogP contribution in [0, 0.1) is 0 Å². The Labute approximate surface area is 205 Å². The standard InChI is InChI=1S/C24H25ClF3N5O2/c25-22-5-4-20(11-21(22)24(26,27)28)31-23(34)15-35-14-17-2-1-3-18(10-17)19-12-30-33(13-19)16-32-8-6-29-7-9-32/h1-5,10-13,29H,6-9,14-16H2,(H,31,34). The average molecular weight is 508 g/mol. The first-order valence-electron chi connectivity index (χ1n) is 11.1. The monoisotopic (exact) mass is 507 g/mol. The molecule has 0 aliphatic carbocycles. The number of piperazine rings is 1. The van der Waals surface area contributed by atoms with Crippen molar-refractivity contribution in [1.82, 2.24) is 20.0 Å². The minimum atomic E-state index is -4.61. The Morgan fingerprint density at radius 2 is 1.94 bits per heavy atom. The predicted molar refractivity (Wildman–Crippen MR) is 127 cm³/mol. The van der Waals surface area contributed by atoms with E-state index in [2.05, 4.69) is 20.6 Å². The van der Waals surface area contributed by atoms with Crippen LogP contribution in [0.4, 0.5) is 18.9 Å². The number of halogens is 4. The summed E-state index contributed by atoms with van der Waals surface area (Å²) in [6, 6.07) is 10.9. The highest BCUT2D eigenvalue weighted by Gasteiger charge is 2.33. The lowest BCUT2D eigenvalue weighted by Gasteiger charge is -2.26. The van der Waals surface area contributed by atoms with Crippen molar-refractivity contribution in [3.63, 3.8) is 0 Å². The molecule has 0 saturated carbocycles. The Bertz CT molecular complexity index is 1160. The summed E-state index contributed by atoms with van der Waals surface area (Å²) in [4.78, 5) is 14.5. The topological polar surface area (TPSA) is 71.4 Å². The fourth-order valence-electron chi connectivity index (χ4n) is 3.77. The van der Waals surface area contributed by atoms with E-state index >= 15 is 0 Å². The van der Waals surface area contributed by atoms with Gasteiger partial charge in [-0.25, -0.2) is 0 Å². The number of carbonyl (C=O) groups excluding carboxylic acids is 1. The van der Waals surface area contributed by atoms with Crippen molar-refractivity contribution < 1.29 is 22.7 Å². The number of hydrogen-bond acceptors (Lipinski definition) is 5. The Kier molecular flexibility index (Phi) is 8.07. The maximum absolute atomic E-state index is 13.0. The van der Waals surface area contributed by atoms with Gasteiger partial charge >= 0.3 is 6.18 Å². The normalized spacial score (nSPS) is 14.7. The zero-order valence-electron chi connectivity index (χ0n) is 18.8. The second-order valence-electron chi connectivity index (χ2n) is 8.21. The van der Waals surface area contributed by atoms with Crippen molar-refractivity contribution in [2.45, 2.75) is 19.5 Å². The van der Waals surface area contributed by atoms with Crippen LogP contribution in [-0.2, 0) is 29.0 Å². The summed E-state index contributed by atoms with van der Waals surface area (Å²) in [6.45, 7) is 4.51. The van der Waals surface area contributed by atoms with E-state index in [0.717, 1.165) is 61.7 Å². The molecule has 1 aliphatic rings. The van der Waals surface area contributed by atoms with Crippen LogP contribution in [0.15, 0.2) is 54.9 Å². The summed E-state index contributed by atoms with van der Waals surface area (Å²) in [6.07, 6.45) is -0.797. The number of amides is 1. The lowest BCUT2D eigenvalue weighted by molar-refractivity contribution is -0.137. The van der Waals surface area contributed by atoms with Crippen molar-refractivity contribution in [3.8, 4) is 11.1 Å². The maximum atomic E-state index is 13.0. The first-order valence-corrected chi connectivity index (χ1v) is 11.4. The molecular weight excluding hydrogens is 483 g/mol. The zero-order valence-corrected chi connectivity index (χ0v) is 19.6. The number of nitrogens with one attached hydrogen (secondary N) is 2. The highest BCUT2D eigenvalue weighted by Crippen LogP contribution is 2.36. The molecule has 4 rings (SSSR count). The van der Waals surface area contributed by atoms with E-state index in [9.17, 15) is 18.0 Å². The molecule has 186 valence electrons. The fourth-order valence-corrected chi connectivity index (χ4v) is 3.99. The Morgan fingerprint density at radius 1 is 1.14 bits per heavy atom. The quantitative estimate of drug-likeness (QED) is 0.477. The summed E-state index contributed by atoms with van der Waals surface area (Å²) in [5.41, 5.74) is 1.79. The molecule has 2 heterocycles. The van der Waals surface area contributed by atoms with E-state index in [1.54, 1.807) is 0 Å². The van der Waals surface area contributed by atoms with Gasteiger partial charge in [0.1, 0.15) is 6.61 Å². The molecule has 1 aliphatic heterocycles. The molecule has 0 unspecified atom stereocenters. The Morgan fingerprint density at radius 3 is 2.71 bits per heavy atom. The van der Waals surface area contributed by atoms with Crippen LogP contribution < -0.4 is 10.6 Å². The van der Waals surface area contributed by atoms with Gasteiger partial charge in [-0.2, -0.15) is 18.3 Å². The molecule has 0 atom stereocenters. The van der Waals surface area contributed by atoms with Crippen molar-refractivity contribution >= 4 is 23.2 Å². The van der Waals surface area contributed by atoms with Gasteiger partial charge < -0.3 is 15.4 Å². The highest BCUT2D eigenvalue weighted by atomic mass is 35.5. The molecule has 35 heavy (non-hydrogen) atoms. The van der Waals surface area contributed by atoms with E-state index < -0.39 is 22.7 Å². The van der Waals surface area contributed by atoms with Crippen LogP contribution in [0.3, 0.4) is 0 Å². The van der Waals surface area contributed by atoms with E-state index in [0.29, 0.717) is 0 Å². The first-order chi connectivity index (χ1) is 16.8.